The standard InChI is InChI=1S/C23H31N3O/c1-3-22-10-6-7-13-26(22)16-21(15-24)23(27)25-17(2)19-12-11-18-8-4-5-9-20(18)14-19/h11-12,14,16-17,22H,3-10,13H2,1-2H3,(H,25,27)/b21-16-. The van der Waals surface area contributed by atoms with Crippen LogP contribution in [-0.4, -0.2) is 23.4 Å². The average molecular weight is 366 g/mol. The number of nitrogens with one attached hydrogen (secondary N) is 1. The Kier molecular flexibility index (Phi) is 6.55. The normalized spacial score (nSPS) is 21.1. The van der Waals surface area contributed by atoms with Crippen molar-refractivity contribution in [1.82, 2.24) is 10.2 Å². The molecule has 1 fully saturated rings. The van der Waals surface area contributed by atoms with E-state index >= 15 is 0 Å². The number of nitrogens with zero attached hydrogens (tertiary/aromatic N) is 2. The van der Waals surface area contributed by atoms with Crippen molar-refractivity contribution >= 4 is 5.91 Å². The molecule has 0 radical (unpaired) electrons. The van der Waals surface area contributed by atoms with E-state index in [-0.39, 0.29) is 17.5 Å². The maximum Gasteiger partial charge on any atom is 0.263 e. The minimum absolute atomic E-state index is 0.107. The van der Waals surface area contributed by atoms with Crippen LogP contribution < -0.4 is 5.32 Å². The minimum atomic E-state index is -0.275. The number of piperidine rings is 1. The fourth-order valence-corrected chi connectivity index (χ4v) is 4.32. The first kappa shape index (κ1) is 19.5. The molecule has 3 rings (SSSR count). The topological polar surface area (TPSA) is 56.1 Å². The molecule has 0 spiro atoms. The van der Waals surface area contributed by atoms with Crippen LogP contribution in [0.2, 0.25) is 0 Å². The Balaban J connectivity index is 1.69. The predicted molar refractivity (Wildman–Crippen MR) is 108 cm³/mol. The summed E-state index contributed by atoms with van der Waals surface area (Å²) in [6.45, 7) is 5.09. The van der Waals surface area contributed by atoms with E-state index < -0.39 is 0 Å². The van der Waals surface area contributed by atoms with Crippen LogP contribution in [0.1, 0.15) is 75.1 Å². The van der Waals surface area contributed by atoms with Crippen molar-refractivity contribution in [2.45, 2.75) is 77.3 Å². The number of aryl methyl sites for hydroxylation is 2. The van der Waals surface area contributed by atoms with Gasteiger partial charge in [-0.3, -0.25) is 4.79 Å². The maximum atomic E-state index is 12.7. The highest BCUT2D eigenvalue weighted by Gasteiger charge is 2.21. The summed E-state index contributed by atoms with van der Waals surface area (Å²) in [4.78, 5) is 14.9. The van der Waals surface area contributed by atoms with E-state index in [1.165, 1.54) is 30.4 Å². The molecule has 0 bridgehead atoms. The van der Waals surface area contributed by atoms with Crippen LogP contribution in [0, 0.1) is 11.3 Å². The second-order valence-electron chi connectivity index (χ2n) is 7.88. The van der Waals surface area contributed by atoms with Gasteiger partial charge in [-0.25, -0.2) is 0 Å². The molecular weight excluding hydrogens is 334 g/mol. The van der Waals surface area contributed by atoms with Crippen LogP contribution in [-0.2, 0) is 17.6 Å². The van der Waals surface area contributed by atoms with Gasteiger partial charge in [0, 0.05) is 18.8 Å². The largest absolute Gasteiger partial charge is 0.373 e. The Morgan fingerprint density at radius 1 is 1.30 bits per heavy atom. The maximum absolute atomic E-state index is 12.7. The van der Waals surface area contributed by atoms with Crippen molar-refractivity contribution in [2.75, 3.05) is 6.54 Å². The zero-order valence-electron chi connectivity index (χ0n) is 16.6. The quantitative estimate of drug-likeness (QED) is 0.621. The van der Waals surface area contributed by atoms with Gasteiger partial charge in [0.15, 0.2) is 0 Å². The third-order valence-corrected chi connectivity index (χ3v) is 6.02. The highest BCUT2D eigenvalue weighted by atomic mass is 16.1. The van der Waals surface area contributed by atoms with E-state index in [1.54, 1.807) is 6.20 Å². The van der Waals surface area contributed by atoms with Crippen LogP contribution in [0.5, 0.6) is 0 Å². The SMILES string of the molecule is CCC1CCCCN1/C=C(/C#N)C(=O)NC(C)c1ccc2c(c1)CCCC2. The van der Waals surface area contributed by atoms with Crippen molar-refractivity contribution in [3.05, 3.63) is 46.7 Å². The molecular formula is C23H31N3O. The number of amides is 1. The van der Waals surface area contributed by atoms with Crippen molar-refractivity contribution in [1.29, 1.82) is 5.26 Å². The number of likely N-dealkylation sites (tertiary alicyclic amines) is 1. The van der Waals surface area contributed by atoms with E-state index in [4.69, 9.17) is 0 Å². The molecule has 1 aromatic carbocycles. The lowest BCUT2D eigenvalue weighted by atomic mass is 9.89. The molecule has 1 heterocycles. The third-order valence-electron chi connectivity index (χ3n) is 6.02. The summed E-state index contributed by atoms with van der Waals surface area (Å²) in [6.07, 6.45) is 11.1. The molecule has 2 aliphatic rings. The van der Waals surface area contributed by atoms with Gasteiger partial charge in [-0.05, 0) is 75.0 Å². The zero-order valence-corrected chi connectivity index (χ0v) is 16.6. The molecule has 1 saturated heterocycles. The van der Waals surface area contributed by atoms with Gasteiger partial charge >= 0.3 is 0 Å². The van der Waals surface area contributed by atoms with E-state index in [2.05, 4.69) is 41.4 Å². The van der Waals surface area contributed by atoms with E-state index in [0.717, 1.165) is 44.2 Å². The molecule has 144 valence electrons. The summed E-state index contributed by atoms with van der Waals surface area (Å²) in [5.41, 5.74) is 4.18. The fourth-order valence-electron chi connectivity index (χ4n) is 4.32. The van der Waals surface area contributed by atoms with Gasteiger partial charge in [0.2, 0.25) is 0 Å². The Bertz CT molecular complexity index is 746. The lowest BCUT2D eigenvalue weighted by Gasteiger charge is -2.34. The second-order valence-corrected chi connectivity index (χ2v) is 7.88. The summed E-state index contributed by atoms with van der Waals surface area (Å²) < 4.78 is 0. The molecule has 2 unspecified atom stereocenters. The first-order valence-corrected chi connectivity index (χ1v) is 10.4. The van der Waals surface area contributed by atoms with E-state index in [1.807, 2.05) is 6.92 Å². The molecule has 1 amide bonds. The van der Waals surface area contributed by atoms with Crippen molar-refractivity contribution in [2.24, 2.45) is 0 Å². The van der Waals surface area contributed by atoms with Crippen LogP contribution in [0.15, 0.2) is 30.0 Å². The number of hydrogen-bond donors (Lipinski definition) is 1. The summed E-state index contributed by atoms with van der Waals surface area (Å²) >= 11 is 0. The smallest absolute Gasteiger partial charge is 0.263 e. The predicted octanol–water partition coefficient (Wildman–Crippen LogP) is 4.41. The minimum Gasteiger partial charge on any atom is -0.373 e. The van der Waals surface area contributed by atoms with E-state index in [0.29, 0.717) is 6.04 Å². The third kappa shape index (κ3) is 4.71. The molecule has 0 aromatic heterocycles. The highest BCUT2D eigenvalue weighted by molar-refractivity contribution is 5.97. The van der Waals surface area contributed by atoms with Gasteiger partial charge < -0.3 is 10.2 Å². The molecule has 1 N–H and O–H groups in total. The second kappa shape index (κ2) is 9.08. The van der Waals surface area contributed by atoms with Crippen LogP contribution in [0.4, 0.5) is 0 Å². The number of carbonyl (C=O) groups excluding carboxylic acids is 1. The van der Waals surface area contributed by atoms with Gasteiger partial charge in [0.25, 0.3) is 5.91 Å². The molecule has 27 heavy (non-hydrogen) atoms. The summed E-state index contributed by atoms with van der Waals surface area (Å²) in [5.74, 6) is -0.275. The number of carbonyl (C=O) groups is 1. The van der Waals surface area contributed by atoms with Gasteiger partial charge in [-0.2, -0.15) is 5.26 Å². The van der Waals surface area contributed by atoms with Crippen molar-refractivity contribution < 1.29 is 4.79 Å². The Morgan fingerprint density at radius 3 is 2.81 bits per heavy atom. The Labute approximate surface area is 163 Å². The summed E-state index contributed by atoms with van der Waals surface area (Å²) in [7, 11) is 0. The first-order chi connectivity index (χ1) is 13.1. The van der Waals surface area contributed by atoms with Crippen molar-refractivity contribution in [3.63, 3.8) is 0 Å². The Hall–Kier alpha value is -2.28. The van der Waals surface area contributed by atoms with Gasteiger partial charge in [0.05, 0.1) is 6.04 Å². The number of hydrogen-bond acceptors (Lipinski definition) is 3. The lowest BCUT2D eigenvalue weighted by Crippen LogP contribution is -2.36. The Morgan fingerprint density at radius 2 is 2.07 bits per heavy atom. The van der Waals surface area contributed by atoms with Crippen molar-refractivity contribution in [3.8, 4) is 6.07 Å². The van der Waals surface area contributed by atoms with Gasteiger partial charge in [-0.1, -0.05) is 25.1 Å². The van der Waals surface area contributed by atoms with Gasteiger partial charge in [-0.15, -0.1) is 0 Å². The fraction of sp³-hybridized carbons (Fsp3) is 0.565. The molecule has 4 heteroatoms. The molecule has 1 aromatic rings. The average Bonchev–Trinajstić information content (AvgIpc) is 2.71. The number of rotatable bonds is 5. The van der Waals surface area contributed by atoms with Crippen LogP contribution in [0.3, 0.4) is 0 Å². The molecule has 2 atom stereocenters. The lowest BCUT2D eigenvalue weighted by molar-refractivity contribution is -0.117. The molecule has 1 aliphatic heterocycles. The summed E-state index contributed by atoms with van der Waals surface area (Å²) in [5, 5.41) is 12.5. The monoisotopic (exact) mass is 365 g/mol. The zero-order chi connectivity index (χ0) is 19.2. The summed E-state index contributed by atoms with van der Waals surface area (Å²) in [6, 6.07) is 8.98. The van der Waals surface area contributed by atoms with Gasteiger partial charge in [0.1, 0.15) is 11.6 Å². The first-order valence-electron chi connectivity index (χ1n) is 10.4. The molecule has 1 aliphatic carbocycles. The molecule has 0 saturated carbocycles. The van der Waals surface area contributed by atoms with Crippen LogP contribution >= 0.6 is 0 Å². The number of fused-ring (bicyclic) bond motifs is 1. The molecule has 4 nitrogen and oxygen atoms in total. The number of nitriles is 1. The van der Waals surface area contributed by atoms with E-state index in [9.17, 15) is 10.1 Å². The highest BCUT2D eigenvalue weighted by Crippen LogP contribution is 2.25. The number of benzene rings is 1. The van der Waals surface area contributed by atoms with Crippen LogP contribution in [0.25, 0.3) is 0 Å².